The lowest BCUT2D eigenvalue weighted by Gasteiger charge is -2.30. The van der Waals surface area contributed by atoms with Crippen molar-refractivity contribution in [3.05, 3.63) is 48.3 Å². The standard InChI is InChI=1S/C21H28N6O.C2H8N2.H2O/c1-14-4-9-20(28-3)19(12-14)27-26-17-7-5-16(6-8-17)24-21-23-11-10-18(25-21)15(2)13-22;1-4-2-3;/h4,9-13,16-17,22,26-27H,2,5-8H2,1,3H3,(H,23,24,25);4H,2-3H2,1H3;1H2. The molecule has 1 aliphatic carbocycles. The number of hydrogen-bond acceptors (Lipinski definition) is 9. The van der Waals surface area contributed by atoms with E-state index in [-0.39, 0.29) is 5.48 Å². The molecule has 9 N–H and O–H groups in total. The van der Waals surface area contributed by atoms with Gasteiger partial charge in [-0.15, -0.1) is 0 Å². The summed E-state index contributed by atoms with van der Waals surface area (Å²) < 4.78 is 5.41. The van der Waals surface area contributed by atoms with E-state index in [1.807, 2.05) is 12.1 Å². The second-order valence-corrected chi connectivity index (χ2v) is 7.66. The van der Waals surface area contributed by atoms with Crippen LogP contribution in [0.15, 0.2) is 37.0 Å². The Morgan fingerprint density at radius 1 is 1.24 bits per heavy atom. The van der Waals surface area contributed by atoms with Crippen LogP contribution in [-0.2, 0) is 0 Å². The highest BCUT2D eigenvalue weighted by Gasteiger charge is 2.22. The van der Waals surface area contributed by atoms with Crippen LogP contribution in [-0.4, -0.2) is 54.6 Å². The van der Waals surface area contributed by atoms with E-state index in [2.05, 4.69) is 51.0 Å². The average molecular weight is 459 g/mol. The molecule has 0 aliphatic heterocycles. The largest absolute Gasteiger partial charge is 0.495 e. The van der Waals surface area contributed by atoms with E-state index in [9.17, 15) is 0 Å². The SMILES string of the molecule is C=C(C=N)c1ccnc(NC2CCC(NNc3cc(C)ccc3OC)CC2)n1.CNCN.O. The minimum absolute atomic E-state index is 0. The van der Waals surface area contributed by atoms with Gasteiger partial charge in [-0.3, -0.25) is 0 Å². The van der Waals surface area contributed by atoms with Gasteiger partial charge in [0.15, 0.2) is 0 Å². The number of anilines is 2. The summed E-state index contributed by atoms with van der Waals surface area (Å²) in [7, 11) is 3.49. The monoisotopic (exact) mass is 458 g/mol. The van der Waals surface area contributed by atoms with Crippen LogP contribution in [0.25, 0.3) is 5.57 Å². The molecule has 3 rings (SSSR count). The third-order valence-corrected chi connectivity index (χ3v) is 5.19. The predicted octanol–water partition coefficient (Wildman–Crippen LogP) is 2.09. The van der Waals surface area contributed by atoms with Gasteiger partial charge in [-0.1, -0.05) is 12.6 Å². The zero-order valence-electron chi connectivity index (χ0n) is 19.7. The molecular formula is C23H38N8O2. The number of ether oxygens (including phenoxy) is 1. The number of hydrogen-bond donors (Lipinski definition) is 6. The van der Waals surface area contributed by atoms with Gasteiger partial charge in [0.1, 0.15) is 5.75 Å². The summed E-state index contributed by atoms with van der Waals surface area (Å²) in [4.78, 5) is 8.74. The number of aryl methyl sites for hydroxylation is 1. The molecule has 1 aromatic carbocycles. The molecule has 33 heavy (non-hydrogen) atoms. The third-order valence-electron chi connectivity index (χ3n) is 5.19. The zero-order valence-corrected chi connectivity index (χ0v) is 19.7. The first-order chi connectivity index (χ1) is 15.5. The van der Waals surface area contributed by atoms with E-state index >= 15 is 0 Å². The number of methoxy groups -OCH3 is 1. The smallest absolute Gasteiger partial charge is 0.223 e. The fourth-order valence-electron chi connectivity index (χ4n) is 3.35. The van der Waals surface area contributed by atoms with Gasteiger partial charge < -0.3 is 37.4 Å². The van der Waals surface area contributed by atoms with Gasteiger partial charge in [0, 0.05) is 36.7 Å². The van der Waals surface area contributed by atoms with Crippen LogP contribution in [0, 0.1) is 12.3 Å². The van der Waals surface area contributed by atoms with Gasteiger partial charge in [0.2, 0.25) is 5.95 Å². The molecule has 10 nitrogen and oxygen atoms in total. The van der Waals surface area contributed by atoms with Crippen LogP contribution in [0.3, 0.4) is 0 Å². The van der Waals surface area contributed by atoms with Crippen LogP contribution in [0.5, 0.6) is 5.75 Å². The zero-order chi connectivity index (χ0) is 23.3. The Labute approximate surface area is 196 Å². The Kier molecular flexibility index (Phi) is 12.6. The van der Waals surface area contributed by atoms with Crippen molar-refractivity contribution in [2.45, 2.75) is 44.7 Å². The Hall–Kier alpha value is -3.05. The van der Waals surface area contributed by atoms with Gasteiger partial charge in [0.25, 0.3) is 0 Å². The van der Waals surface area contributed by atoms with Crippen molar-refractivity contribution in [2.75, 3.05) is 31.6 Å². The lowest BCUT2D eigenvalue weighted by atomic mass is 9.91. The Morgan fingerprint density at radius 2 is 1.91 bits per heavy atom. The van der Waals surface area contributed by atoms with E-state index < -0.39 is 0 Å². The van der Waals surface area contributed by atoms with E-state index in [1.165, 1.54) is 11.8 Å². The predicted molar refractivity (Wildman–Crippen MR) is 136 cm³/mol. The van der Waals surface area contributed by atoms with E-state index in [0.29, 0.717) is 36.0 Å². The number of benzene rings is 1. The van der Waals surface area contributed by atoms with Gasteiger partial charge in [0.05, 0.1) is 18.5 Å². The summed E-state index contributed by atoms with van der Waals surface area (Å²) in [6.45, 7) is 6.45. The van der Waals surface area contributed by atoms with Crippen LogP contribution < -0.4 is 32.0 Å². The minimum atomic E-state index is 0. The summed E-state index contributed by atoms with van der Waals surface area (Å²) in [6, 6.07) is 8.59. The fraction of sp³-hybridized carbons (Fsp3) is 0.435. The van der Waals surface area contributed by atoms with Crippen molar-refractivity contribution in [1.29, 1.82) is 5.41 Å². The van der Waals surface area contributed by atoms with Crippen molar-refractivity contribution in [3.63, 3.8) is 0 Å². The van der Waals surface area contributed by atoms with Crippen LogP contribution in [0.1, 0.15) is 36.9 Å². The van der Waals surface area contributed by atoms with Crippen molar-refractivity contribution in [3.8, 4) is 5.75 Å². The van der Waals surface area contributed by atoms with Gasteiger partial charge in [-0.05, 0) is 63.4 Å². The van der Waals surface area contributed by atoms with Crippen molar-refractivity contribution >= 4 is 23.4 Å². The Balaban J connectivity index is 0.00000101. The van der Waals surface area contributed by atoms with Gasteiger partial charge >= 0.3 is 0 Å². The summed E-state index contributed by atoms with van der Waals surface area (Å²) in [5.41, 5.74) is 15.1. The summed E-state index contributed by atoms with van der Waals surface area (Å²) >= 11 is 0. The molecule has 0 atom stereocenters. The first-order valence-electron chi connectivity index (χ1n) is 10.8. The van der Waals surface area contributed by atoms with Gasteiger partial charge in [-0.25, -0.2) is 15.4 Å². The number of hydrazine groups is 1. The lowest BCUT2D eigenvalue weighted by molar-refractivity contribution is 0.367. The molecule has 0 bridgehead atoms. The second-order valence-electron chi connectivity index (χ2n) is 7.66. The van der Waals surface area contributed by atoms with E-state index in [1.54, 1.807) is 26.4 Å². The number of aromatic nitrogens is 2. The maximum Gasteiger partial charge on any atom is 0.223 e. The quantitative estimate of drug-likeness (QED) is 0.189. The van der Waals surface area contributed by atoms with E-state index in [4.69, 9.17) is 15.9 Å². The fourth-order valence-corrected chi connectivity index (χ4v) is 3.35. The first kappa shape index (κ1) is 28.0. The highest BCUT2D eigenvalue weighted by Crippen LogP contribution is 2.26. The van der Waals surface area contributed by atoms with E-state index in [0.717, 1.165) is 37.1 Å². The molecule has 0 saturated heterocycles. The van der Waals surface area contributed by atoms with Crippen LogP contribution >= 0.6 is 0 Å². The average Bonchev–Trinajstić information content (AvgIpc) is 2.83. The Bertz CT molecular complexity index is 867. The van der Waals surface area contributed by atoms with Gasteiger partial charge in [-0.2, -0.15) is 0 Å². The van der Waals surface area contributed by atoms with Crippen molar-refractivity contribution < 1.29 is 10.2 Å². The number of nitrogens with zero attached hydrogens (tertiary/aromatic N) is 2. The maximum absolute atomic E-state index is 7.30. The molecule has 2 aromatic rings. The minimum Gasteiger partial charge on any atom is -0.495 e. The molecule has 10 heteroatoms. The molecule has 1 fully saturated rings. The molecule has 0 amide bonds. The lowest BCUT2D eigenvalue weighted by Crippen LogP contribution is -2.40. The maximum atomic E-state index is 7.30. The topological polar surface area (TPSA) is 164 Å². The van der Waals surface area contributed by atoms with Crippen molar-refractivity contribution in [1.82, 2.24) is 20.7 Å². The number of rotatable bonds is 9. The molecular weight excluding hydrogens is 420 g/mol. The molecule has 182 valence electrons. The molecule has 0 radical (unpaired) electrons. The number of allylic oxidation sites excluding steroid dienone is 1. The highest BCUT2D eigenvalue weighted by atomic mass is 16.5. The van der Waals surface area contributed by atoms with Crippen molar-refractivity contribution in [2.24, 2.45) is 5.73 Å². The molecule has 0 unspecified atom stereocenters. The summed E-state index contributed by atoms with van der Waals surface area (Å²) in [5, 5.41) is 13.4. The molecule has 0 spiro atoms. The molecule has 1 aromatic heterocycles. The third kappa shape index (κ3) is 9.15. The van der Waals surface area contributed by atoms with Crippen LogP contribution in [0.4, 0.5) is 11.6 Å². The molecule has 1 aliphatic rings. The number of nitrogens with one attached hydrogen (secondary N) is 5. The number of nitrogens with two attached hydrogens (primary N) is 1. The molecule has 1 saturated carbocycles. The highest BCUT2D eigenvalue weighted by molar-refractivity contribution is 6.06. The summed E-state index contributed by atoms with van der Waals surface area (Å²) in [6.07, 6.45) is 7.06. The second kappa shape index (κ2) is 14.9. The summed E-state index contributed by atoms with van der Waals surface area (Å²) in [5.74, 6) is 1.43. The molecule has 1 heterocycles. The Morgan fingerprint density at radius 3 is 2.52 bits per heavy atom. The first-order valence-corrected chi connectivity index (χ1v) is 10.8. The normalized spacial score (nSPS) is 17.0. The van der Waals surface area contributed by atoms with Crippen LogP contribution in [0.2, 0.25) is 0 Å².